The number of amides is 3. The molecule has 9 nitrogen and oxygen atoms in total. The van der Waals surface area contributed by atoms with Gasteiger partial charge >= 0.3 is 12.3 Å². The lowest BCUT2D eigenvalue weighted by atomic mass is 9.84. The molecule has 6 rings (SSSR count). The van der Waals surface area contributed by atoms with Crippen LogP contribution < -0.4 is 10.6 Å². The molecule has 3 fully saturated rings. The Morgan fingerprint density at radius 1 is 0.956 bits per heavy atom. The second-order valence-electron chi connectivity index (χ2n) is 12.7. The molecular formula is C33H40F3N5O4. The van der Waals surface area contributed by atoms with Gasteiger partial charge in [-0.15, -0.1) is 0 Å². The Balaban J connectivity index is 1.07. The standard InChI is InChI=1S/C33H40F3N5O4/c34-33(35,36)26-6-3-4-23(17-26)18-29(31(43)40-15-12-27(19-40)41-20-37-21-41)45-32(44)39-13-10-22(11-14-39)16-25-9-8-24-5-1-2-7-28(24)38-30(25)42/h1-7,17,22,25,27,29,37H,8-16,18-21H2,(H,38,42)/t25?,27?,29-/m1/s1. The van der Waals surface area contributed by atoms with Gasteiger partial charge in [-0.05, 0) is 67.7 Å². The average molecular weight is 628 g/mol. The summed E-state index contributed by atoms with van der Waals surface area (Å²) < 4.78 is 46.0. The highest BCUT2D eigenvalue weighted by atomic mass is 19.4. The number of carbonyl (C=O) groups excluding carboxylic acids is 3. The molecule has 3 saturated heterocycles. The molecule has 4 aliphatic heterocycles. The molecule has 0 saturated carbocycles. The number of ether oxygens (including phenoxy) is 1. The number of fused-ring (bicyclic) bond motifs is 1. The number of benzene rings is 2. The fourth-order valence-electron chi connectivity index (χ4n) is 6.94. The van der Waals surface area contributed by atoms with Crippen LogP contribution >= 0.6 is 0 Å². The first kappa shape index (κ1) is 31.3. The van der Waals surface area contributed by atoms with Gasteiger partial charge in [0.1, 0.15) is 0 Å². The van der Waals surface area contributed by atoms with Crippen LogP contribution in [0.4, 0.5) is 23.7 Å². The lowest BCUT2D eigenvalue weighted by molar-refractivity contribution is -0.140. The van der Waals surface area contributed by atoms with Gasteiger partial charge in [-0.2, -0.15) is 13.2 Å². The van der Waals surface area contributed by atoms with Crippen LogP contribution in [0.1, 0.15) is 48.8 Å². The first-order valence-corrected chi connectivity index (χ1v) is 15.9. The Bertz CT molecular complexity index is 1390. The Labute approximate surface area is 261 Å². The van der Waals surface area contributed by atoms with Crippen LogP contribution in [0, 0.1) is 11.8 Å². The van der Waals surface area contributed by atoms with Crippen molar-refractivity contribution < 1.29 is 32.3 Å². The van der Waals surface area contributed by atoms with E-state index in [9.17, 15) is 27.6 Å². The van der Waals surface area contributed by atoms with Crippen molar-refractivity contribution in [1.29, 1.82) is 0 Å². The number of aryl methyl sites for hydroxylation is 1. The van der Waals surface area contributed by atoms with E-state index in [1.165, 1.54) is 12.1 Å². The first-order chi connectivity index (χ1) is 21.6. The average Bonchev–Trinajstić information content (AvgIpc) is 3.41. The third-order valence-electron chi connectivity index (χ3n) is 9.71. The summed E-state index contributed by atoms with van der Waals surface area (Å²) in [5.41, 5.74) is 1.49. The fourth-order valence-corrected chi connectivity index (χ4v) is 6.94. The van der Waals surface area contributed by atoms with E-state index in [1.54, 1.807) is 9.80 Å². The normalized spacial score (nSPS) is 23.5. The first-order valence-electron chi connectivity index (χ1n) is 15.9. The molecule has 12 heteroatoms. The summed E-state index contributed by atoms with van der Waals surface area (Å²) in [5, 5.41) is 6.25. The van der Waals surface area contributed by atoms with Gasteiger partial charge in [0.25, 0.3) is 5.91 Å². The third-order valence-corrected chi connectivity index (χ3v) is 9.71. The molecule has 2 aromatic rings. The van der Waals surface area contributed by atoms with E-state index < -0.39 is 23.9 Å². The summed E-state index contributed by atoms with van der Waals surface area (Å²) in [4.78, 5) is 45.4. The summed E-state index contributed by atoms with van der Waals surface area (Å²) in [6.07, 6.45) is -1.99. The third kappa shape index (κ3) is 7.44. The Hall–Kier alpha value is -3.64. The number of hydrogen-bond donors (Lipinski definition) is 2. The van der Waals surface area contributed by atoms with Gasteiger partial charge in [0, 0.05) is 50.2 Å². The quantitative estimate of drug-likeness (QED) is 0.471. The number of carbonyl (C=O) groups is 3. The summed E-state index contributed by atoms with van der Waals surface area (Å²) in [6, 6.07) is 12.9. The number of rotatable bonds is 7. The van der Waals surface area contributed by atoms with Crippen LogP contribution in [-0.2, 0) is 33.3 Å². The molecule has 2 N–H and O–H groups in total. The zero-order valence-corrected chi connectivity index (χ0v) is 25.2. The number of anilines is 1. The summed E-state index contributed by atoms with van der Waals surface area (Å²) in [7, 11) is 0. The summed E-state index contributed by atoms with van der Waals surface area (Å²) in [5.74, 6) is -0.183. The van der Waals surface area contributed by atoms with Crippen molar-refractivity contribution >= 4 is 23.6 Å². The van der Waals surface area contributed by atoms with Gasteiger partial charge in [-0.1, -0.05) is 36.4 Å². The van der Waals surface area contributed by atoms with Crippen LogP contribution in [0.25, 0.3) is 0 Å². The maximum absolute atomic E-state index is 13.7. The second kappa shape index (κ2) is 13.4. The smallest absolute Gasteiger partial charge is 0.416 e. The molecule has 0 bridgehead atoms. The number of alkyl halides is 3. The number of hydrogen-bond acceptors (Lipinski definition) is 6. The van der Waals surface area contributed by atoms with Gasteiger partial charge in [0.05, 0.1) is 18.9 Å². The van der Waals surface area contributed by atoms with E-state index in [1.807, 2.05) is 24.3 Å². The molecule has 4 aliphatic rings. The number of piperidine rings is 1. The van der Waals surface area contributed by atoms with Crippen LogP contribution in [0.3, 0.4) is 0 Å². The molecule has 45 heavy (non-hydrogen) atoms. The molecule has 0 aliphatic carbocycles. The zero-order chi connectivity index (χ0) is 31.6. The molecule has 2 aromatic carbocycles. The number of nitrogens with zero attached hydrogens (tertiary/aromatic N) is 3. The fraction of sp³-hybridized carbons (Fsp3) is 0.545. The molecule has 242 valence electrons. The van der Waals surface area contributed by atoms with Crippen LogP contribution in [0.15, 0.2) is 48.5 Å². The predicted octanol–water partition coefficient (Wildman–Crippen LogP) is 4.48. The highest BCUT2D eigenvalue weighted by molar-refractivity contribution is 5.94. The molecule has 4 heterocycles. The Morgan fingerprint density at radius 3 is 2.44 bits per heavy atom. The highest BCUT2D eigenvalue weighted by Crippen LogP contribution is 2.32. The van der Waals surface area contributed by atoms with Crippen molar-refractivity contribution in [3.8, 4) is 0 Å². The van der Waals surface area contributed by atoms with E-state index in [0.29, 0.717) is 39.0 Å². The summed E-state index contributed by atoms with van der Waals surface area (Å²) in [6.45, 7) is 3.35. The van der Waals surface area contributed by atoms with Crippen LogP contribution in [0.2, 0.25) is 0 Å². The minimum atomic E-state index is -4.52. The minimum Gasteiger partial charge on any atom is -0.436 e. The van der Waals surface area contributed by atoms with Crippen molar-refractivity contribution in [1.82, 2.24) is 20.0 Å². The van der Waals surface area contributed by atoms with E-state index in [2.05, 4.69) is 15.5 Å². The minimum absolute atomic E-state index is 0.0345. The second-order valence-corrected chi connectivity index (χ2v) is 12.7. The zero-order valence-electron chi connectivity index (χ0n) is 25.2. The van der Waals surface area contributed by atoms with Crippen molar-refractivity contribution in [3.63, 3.8) is 0 Å². The van der Waals surface area contributed by atoms with Crippen LogP contribution in [0.5, 0.6) is 0 Å². The van der Waals surface area contributed by atoms with E-state index in [-0.39, 0.29) is 41.7 Å². The van der Waals surface area contributed by atoms with Crippen molar-refractivity contribution in [2.24, 2.45) is 11.8 Å². The van der Waals surface area contributed by atoms with E-state index in [4.69, 9.17) is 4.74 Å². The number of nitrogens with one attached hydrogen (secondary N) is 2. The van der Waals surface area contributed by atoms with Gasteiger partial charge in [0.2, 0.25) is 5.91 Å². The van der Waals surface area contributed by atoms with Gasteiger partial charge in [0.15, 0.2) is 6.10 Å². The summed E-state index contributed by atoms with van der Waals surface area (Å²) >= 11 is 0. The van der Waals surface area contributed by atoms with E-state index >= 15 is 0 Å². The van der Waals surface area contributed by atoms with Gasteiger partial charge in [-0.3, -0.25) is 19.8 Å². The number of para-hydroxylation sites is 1. The van der Waals surface area contributed by atoms with E-state index in [0.717, 1.165) is 62.4 Å². The van der Waals surface area contributed by atoms with Crippen molar-refractivity contribution in [2.45, 2.75) is 63.3 Å². The number of halogens is 3. The molecule has 3 amide bonds. The maximum Gasteiger partial charge on any atom is 0.416 e. The topological polar surface area (TPSA) is 94.2 Å². The van der Waals surface area contributed by atoms with Gasteiger partial charge < -0.3 is 19.9 Å². The predicted molar refractivity (Wildman–Crippen MR) is 161 cm³/mol. The lowest BCUT2D eigenvalue weighted by Crippen LogP contribution is -2.57. The molecule has 0 radical (unpaired) electrons. The van der Waals surface area contributed by atoms with Crippen molar-refractivity contribution in [2.75, 3.05) is 44.8 Å². The highest BCUT2D eigenvalue weighted by Gasteiger charge is 2.38. The van der Waals surface area contributed by atoms with Crippen molar-refractivity contribution in [3.05, 3.63) is 65.2 Å². The molecule has 2 unspecified atom stereocenters. The number of likely N-dealkylation sites (tertiary alicyclic amines) is 2. The Morgan fingerprint density at radius 2 is 1.71 bits per heavy atom. The molecule has 3 atom stereocenters. The monoisotopic (exact) mass is 627 g/mol. The SMILES string of the molecule is O=C1Nc2ccccc2CCC1CC1CCN(C(=O)O[C@H](Cc2cccc(C(F)(F)F)c2)C(=O)N2CCC(N3CNC3)C2)CC1. The Kier molecular flexibility index (Phi) is 9.32. The molecule has 0 aromatic heterocycles. The van der Waals surface area contributed by atoms with Crippen LogP contribution in [-0.4, -0.2) is 84.3 Å². The molecular weight excluding hydrogens is 587 g/mol. The van der Waals surface area contributed by atoms with Gasteiger partial charge in [-0.25, -0.2) is 4.79 Å². The lowest BCUT2D eigenvalue weighted by Gasteiger charge is -2.37. The largest absolute Gasteiger partial charge is 0.436 e. The maximum atomic E-state index is 13.7. The molecule has 0 spiro atoms.